The number of aromatic nitrogens is 2. The van der Waals surface area contributed by atoms with Crippen LogP contribution >= 0.6 is 0 Å². The number of aromatic hydroxyl groups is 1. The minimum atomic E-state index is -1.18. The number of nitriles is 1. The maximum atomic E-state index is 14.7. The number of nitrogens with one attached hydrogen (secondary N) is 2. The van der Waals surface area contributed by atoms with E-state index >= 15 is 0 Å². The highest BCUT2D eigenvalue weighted by atomic mass is 16.5. The van der Waals surface area contributed by atoms with Gasteiger partial charge in [0.05, 0.1) is 29.8 Å². The highest BCUT2D eigenvalue weighted by Crippen LogP contribution is 2.42. The Balaban J connectivity index is 1.30. The average molecular weight is 871 g/mol. The standard InChI is InChI=1S/C49H58N8O7/c1-8-42(59)55-18-15-34(27-55)46(61)54(7)43(29(2)3)45(60)52-40-21-31-19-35(22-36(58)20-31)32-13-14-41-37(23-32)38(44(57(41)30(4)25-50)33-11-9-16-51-26-33)24-49(5,6)28-64-48(63)39-12-10-17-56(53-39)47(40)62/h8-9,11,13-14,16,19-20,22-23,26,29-30,34,39-40,43,53,58H,1,10,12,15,17-18,21,24,27-28H2,2-7H3,(H,52,60)/t30-,34+,39+,40+,43+/m1/s1. The highest BCUT2D eigenvalue weighted by molar-refractivity contribution is 5.96. The lowest BCUT2D eigenvalue weighted by molar-refractivity contribution is -0.155. The van der Waals surface area contributed by atoms with Gasteiger partial charge in [0, 0.05) is 61.9 Å². The summed E-state index contributed by atoms with van der Waals surface area (Å²) in [5.41, 5.74) is 7.93. The van der Waals surface area contributed by atoms with E-state index in [1.807, 2.05) is 75.6 Å². The minimum Gasteiger partial charge on any atom is -0.508 e. The maximum absolute atomic E-state index is 14.7. The number of carbonyl (C=O) groups excluding carboxylic acids is 5. The number of phenolic OH excluding ortho intramolecular Hbond substituents is 1. The predicted molar refractivity (Wildman–Crippen MR) is 241 cm³/mol. The van der Waals surface area contributed by atoms with Crippen LogP contribution in [0.15, 0.2) is 73.6 Å². The summed E-state index contributed by atoms with van der Waals surface area (Å²) in [6.07, 6.45) is 6.49. The fraction of sp³-hybridized carbons (Fsp3) is 0.449. The third-order valence-corrected chi connectivity index (χ3v) is 12.7. The topological polar surface area (TPSA) is 190 Å². The molecule has 2 aromatic carbocycles. The van der Waals surface area contributed by atoms with Crippen LogP contribution in [0, 0.1) is 28.6 Å². The van der Waals surface area contributed by atoms with Gasteiger partial charge in [-0.3, -0.25) is 34.0 Å². The number of rotatable bonds is 8. The van der Waals surface area contributed by atoms with Crippen molar-refractivity contribution in [1.29, 1.82) is 5.26 Å². The number of amides is 4. The number of ether oxygens (including phenoxy) is 1. The van der Waals surface area contributed by atoms with Crippen molar-refractivity contribution in [3.8, 4) is 34.2 Å². The number of fused-ring (bicyclic) bond motifs is 6. The number of hydrogen-bond donors (Lipinski definition) is 3. The molecule has 0 spiro atoms. The van der Waals surface area contributed by atoms with Crippen LogP contribution in [0.4, 0.5) is 0 Å². The number of carbonyl (C=O) groups is 5. The normalized spacial score (nSPS) is 21.1. The highest BCUT2D eigenvalue weighted by Gasteiger charge is 2.40. The fourth-order valence-corrected chi connectivity index (χ4v) is 9.51. The van der Waals surface area contributed by atoms with Crippen LogP contribution in [-0.4, -0.2) is 110 Å². The van der Waals surface area contributed by atoms with Gasteiger partial charge in [0.1, 0.15) is 29.9 Å². The van der Waals surface area contributed by atoms with Gasteiger partial charge in [-0.2, -0.15) is 5.26 Å². The molecule has 7 rings (SSSR count). The molecule has 15 nitrogen and oxygen atoms in total. The van der Waals surface area contributed by atoms with Crippen LogP contribution in [0.25, 0.3) is 33.3 Å². The predicted octanol–water partition coefficient (Wildman–Crippen LogP) is 5.33. The van der Waals surface area contributed by atoms with E-state index in [0.29, 0.717) is 43.4 Å². The van der Waals surface area contributed by atoms with Crippen LogP contribution in [-0.2, 0) is 41.6 Å². The van der Waals surface area contributed by atoms with Gasteiger partial charge in [-0.15, -0.1) is 0 Å². The van der Waals surface area contributed by atoms with E-state index in [1.54, 1.807) is 36.5 Å². The molecule has 4 amide bonds. The zero-order valence-electron chi connectivity index (χ0n) is 37.5. The van der Waals surface area contributed by atoms with E-state index in [2.05, 4.69) is 28.4 Å². The van der Waals surface area contributed by atoms with E-state index in [1.165, 1.54) is 16.0 Å². The third-order valence-electron chi connectivity index (χ3n) is 12.7. The van der Waals surface area contributed by atoms with Crippen molar-refractivity contribution < 1.29 is 33.8 Å². The second-order valence-corrected chi connectivity index (χ2v) is 18.5. The van der Waals surface area contributed by atoms with Crippen LogP contribution in [0.2, 0.25) is 0 Å². The molecule has 0 unspecified atom stereocenters. The Morgan fingerprint density at radius 2 is 1.86 bits per heavy atom. The zero-order valence-corrected chi connectivity index (χ0v) is 37.5. The van der Waals surface area contributed by atoms with E-state index < -0.39 is 53.3 Å². The zero-order chi connectivity index (χ0) is 46.0. The Morgan fingerprint density at radius 3 is 2.56 bits per heavy atom. The molecule has 336 valence electrons. The molecular weight excluding hydrogens is 813 g/mol. The SMILES string of the molecule is C=CC(=O)N1CC[C@H](C(=O)N(C)[C@H](C(=O)N[C@H]2Cc3cc(O)cc(c3)-c3ccc4c(c3)c(c(-c3cccnc3)n4[C@H](C)C#N)CC(C)(C)COC(=O)[C@@H]3CCCN(N3)C2=O)C(C)C)C1. The van der Waals surface area contributed by atoms with Crippen LogP contribution in [0.3, 0.4) is 0 Å². The number of hydrogen-bond acceptors (Lipinski definition) is 10. The maximum Gasteiger partial charge on any atom is 0.324 e. The van der Waals surface area contributed by atoms with Gasteiger partial charge >= 0.3 is 5.97 Å². The molecule has 3 N–H and O–H groups in total. The Hall–Kier alpha value is -6.53. The van der Waals surface area contributed by atoms with Gasteiger partial charge in [0.2, 0.25) is 17.7 Å². The van der Waals surface area contributed by atoms with Gasteiger partial charge < -0.3 is 29.5 Å². The monoisotopic (exact) mass is 870 g/mol. The van der Waals surface area contributed by atoms with Crippen molar-refractivity contribution in [3.63, 3.8) is 0 Å². The lowest BCUT2D eigenvalue weighted by atomic mass is 9.84. The summed E-state index contributed by atoms with van der Waals surface area (Å²) < 4.78 is 8.05. The number of nitrogens with zero attached hydrogens (tertiary/aromatic N) is 6. The molecule has 5 atom stereocenters. The van der Waals surface area contributed by atoms with Crippen LogP contribution < -0.4 is 10.7 Å². The molecule has 4 aromatic rings. The van der Waals surface area contributed by atoms with Crippen LogP contribution in [0.1, 0.15) is 71.0 Å². The number of esters is 1. The second-order valence-electron chi connectivity index (χ2n) is 18.5. The lowest BCUT2D eigenvalue weighted by Crippen LogP contribution is -2.62. The summed E-state index contributed by atoms with van der Waals surface area (Å²) in [5.74, 6) is -3.00. The van der Waals surface area contributed by atoms with Gasteiger partial charge in [0.15, 0.2) is 0 Å². The molecule has 2 aromatic heterocycles. The molecule has 0 radical (unpaired) electrons. The number of likely N-dealkylation sites (N-methyl/N-ethyl adjacent to an activating group) is 1. The summed E-state index contributed by atoms with van der Waals surface area (Å²) in [5, 5.41) is 26.8. The summed E-state index contributed by atoms with van der Waals surface area (Å²) in [6, 6.07) is 13.7. The lowest BCUT2D eigenvalue weighted by Gasteiger charge is -2.37. The Morgan fingerprint density at radius 1 is 1.08 bits per heavy atom. The molecular formula is C49H58N8O7. The summed E-state index contributed by atoms with van der Waals surface area (Å²) in [7, 11) is 1.57. The number of hydrazine groups is 1. The number of benzene rings is 2. The fourth-order valence-electron chi connectivity index (χ4n) is 9.51. The quantitative estimate of drug-likeness (QED) is 0.154. The largest absolute Gasteiger partial charge is 0.508 e. The number of cyclic esters (lactones) is 1. The first-order chi connectivity index (χ1) is 30.5. The van der Waals surface area contributed by atoms with Crippen molar-refractivity contribution in [2.75, 3.05) is 33.3 Å². The Bertz CT molecular complexity index is 2510. The number of phenols is 1. The molecule has 2 saturated heterocycles. The van der Waals surface area contributed by atoms with Gasteiger partial charge in [-0.25, -0.2) is 5.43 Å². The molecule has 0 aliphatic carbocycles. The van der Waals surface area contributed by atoms with Crippen LogP contribution in [0.5, 0.6) is 5.75 Å². The third kappa shape index (κ3) is 9.38. The summed E-state index contributed by atoms with van der Waals surface area (Å²) in [4.78, 5) is 76.5. The number of likely N-dealkylation sites (tertiary alicyclic amines) is 1. The molecule has 0 saturated carbocycles. The van der Waals surface area contributed by atoms with Gasteiger partial charge in [-0.1, -0.05) is 46.4 Å². The Labute approximate surface area is 374 Å². The minimum absolute atomic E-state index is 0.0358. The molecule has 15 heteroatoms. The van der Waals surface area contributed by atoms with E-state index in [-0.39, 0.29) is 49.6 Å². The molecule has 64 heavy (non-hydrogen) atoms. The molecule has 3 aliphatic rings. The van der Waals surface area contributed by atoms with E-state index in [0.717, 1.165) is 33.3 Å². The van der Waals surface area contributed by atoms with Crippen molar-refractivity contribution in [1.82, 2.24) is 35.1 Å². The first kappa shape index (κ1) is 45.5. The van der Waals surface area contributed by atoms with Crippen molar-refractivity contribution in [2.24, 2.45) is 17.3 Å². The Kier molecular flexibility index (Phi) is 13.3. The first-order valence-electron chi connectivity index (χ1n) is 22.0. The first-order valence-corrected chi connectivity index (χ1v) is 22.0. The van der Waals surface area contributed by atoms with Crippen molar-refractivity contribution in [2.45, 2.75) is 90.9 Å². The molecule has 6 bridgehead atoms. The van der Waals surface area contributed by atoms with Gasteiger partial charge in [-0.05, 0) is 103 Å². The summed E-state index contributed by atoms with van der Waals surface area (Å²) in [6.45, 7) is 14.0. The number of pyridine rings is 1. The van der Waals surface area contributed by atoms with Crippen molar-refractivity contribution >= 4 is 40.5 Å². The summed E-state index contributed by atoms with van der Waals surface area (Å²) >= 11 is 0. The van der Waals surface area contributed by atoms with Gasteiger partial charge in [0.25, 0.3) is 5.91 Å². The van der Waals surface area contributed by atoms with E-state index in [9.17, 15) is 34.3 Å². The molecule has 3 aliphatic heterocycles. The molecule has 2 fully saturated rings. The smallest absolute Gasteiger partial charge is 0.324 e. The van der Waals surface area contributed by atoms with Crippen molar-refractivity contribution in [3.05, 3.63) is 84.7 Å². The second kappa shape index (κ2) is 18.7. The van der Waals surface area contributed by atoms with E-state index in [4.69, 9.17) is 4.74 Å². The molecule has 5 heterocycles. The average Bonchev–Trinajstić information content (AvgIpc) is 3.90.